The molecule has 0 bridgehead atoms. The first kappa shape index (κ1) is 11.2. The Balaban J connectivity index is 1.99. The quantitative estimate of drug-likeness (QED) is 0.850. The van der Waals surface area contributed by atoms with Gasteiger partial charge in [0.1, 0.15) is 5.82 Å². The number of hydrogen-bond donors (Lipinski definition) is 1. The van der Waals surface area contributed by atoms with E-state index in [2.05, 4.69) is 10.2 Å². The van der Waals surface area contributed by atoms with Crippen LogP contribution in [0.4, 0.5) is 0 Å². The Morgan fingerprint density at radius 2 is 2.00 bits per heavy atom. The van der Waals surface area contributed by atoms with E-state index in [-0.39, 0.29) is 5.16 Å². The van der Waals surface area contributed by atoms with Crippen LogP contribution < -0.4 is 5.14 Å². The SMILES string of the molecule is CCn1c(C2C3CCCC32)nnc1S(N)(=O)=O. The molecule has 0 radical (unpaired) electrons. The molecule has 0 saturated heterocycles. The summed E-state index contributed by atoms with van der Waals surface area (Å²) >= 11 is 0. The summed E-state index contributed by atoms with van der Waals surface area (Å²) in [6, 6.07) is 0. The van der Waals surface area contributed by atoms with Gasteiger partial charge in [0.25, 0.3) is 15.2 Å². The van der Waals surface area contributed by atoms with Gasteiger partial charge in [-0.25, -0.2) is 13.6 Å². The first-order chi connectivity index (χ1) is 8.04. The fraction of sp³-hybridized carbons (Fsp3) is 0.800. The van der Waals surface area contributed by atoms with Gasteiger partial charge in [-0.05, 0) is 31.6 Å². The van der Waals surface area contributed by atoms with Gasteiger partial charge in [0, 0.05) is 12.5 Å². The van der Waals surface area contributed by atoms with Crippen molar-refractivity contribution >= 4 is 10.0 Å². The summed E-state index contributed by atoms with van der Waals surface area (Å²) in [5, 5.41) is 12.8. The molecule has 2 atom stereocenters. The molecule has 0 aliphatic heterocycles. The van der Waals surface area contributed by atoms with Crippen molar-refractivity contribution < 1.29 is 8.42 Å². The minimum atomic E-state index is -3.76. The molecule has 2 fully saturated rings. The van der Waals surface area contributed by atoms with Crippen LogP contribution in [0.15, 0.2) is 5.16 Å². The zero-order chi connectivity index (χ0) is 12.2. The van der Waals surface area contributed by atoms with Gasteiger partial charge < -0.3 is 4.57 Å². The van der Waals surface area contributed by atoms with E-state index in [9.17, 15) is 8.42 Å². The van der Waals surface area contributed by atoms with E-state index in [1.165, 1.54) is 19.3 Å². The van der Waals surface area contributed by atoms with Crippen LogP contribution >= 0.6 is 0 Å². The Labute approximate surface area is 100 Å². The van der Waals surface area contributed by atoms with Crippen LogP contribution in [0, 0.1) is 11.8 Å². The number of hydrogen-bond acceptors (Lipinski definition) is 4. The minimum Gasteiger partial charge on any atom is -0.301 e. The molecular weight excluding hydrogens is 240 g/mol. The van der Waals surface area contributed by atoms with Gasteiger partial charge in [0.05, 0.1) is 0 Å². The van der Waals surface area contributed by atoms with Crippen molar-refractivity contribution in [3.05, 3.63) is 5.82 Å². The summed E-state index contributed by atoms with van der Waals surface area (Å²) in [5.41, 5.74) is 0. The van der Waals surface area contributed by atoms with Crippen LogP contribution in [0.5, 0.6) is 0 Å². The molecule has 3 rings (SSSR count). The standard InChI is InChI=1S/C10H16N4O2S/c1-2-14-9(8-6-4-3-5-7(6)8)12-13-10(14)17(11,15)16/h6-8H,2-5H2,1H3,(H2,11,15,16). The number of nitrogens with two attached hydrogens (primary N) is 1. The van der Waals surface area contributed by atoms with Gasteiger partial charge >= 0.3 is 0 Å². The average Bonchev–Trinajstić information content (AvgIpc) is 2.72. The number of rotatable bonds is 3. The topological polar surface area (TPSA) is 90.9 Å². The van der Waals surface area contributed by atoms with Gasteiger partial charge in [-0.2, -0.15) is 0 Å². The van der Waals surface area contributed by atoms with Gasteiger partial charge in [0.15, 0.2) is 0 Å². The smallest absolute Gasteiger partial charge is 0.273 e. The molecule has 0 spiro atoms. The highest BCUT2D eigenvalue weighted by Gasteiger charge is 2.55. The summed E-state index contributed by atoms with van der Waals surface area (Å²) < 4.78 is 24.4. The van der Waals surface area contributed by atoms with E-state index in [1.54, 1.807) is 4.57 Å². The van der Waals surface area contributed by atoms with Crippen LogP contribution in [0.2, 0.25) is 0 Å². The lowest BCUT2D eigenvalue weighted by molar-refractivity contribution is 0.555. The average molecular weight is 256 g/mol. The molecule has 1 aromatic rings. The zero-order valence-electron chi connectivity index (χ0n) is 9.70. The fourth-order valence-corrected chi connectivity index (χ4v) is 3.94. The summed E-state index contributed by atoms with van der Waals surface area (Å²) in [5.74, 6) is 2.61. The first-order valence-corrected chi connectivity index (χ1v) is 7.54. The van der Waals surface area contributed by atoms with Crippen molar-refractivity contribution in [1.29, 1.82) is 0 Å². The first-order valence-electron chi connectivity index (χ1n) is 6.00. The molecule has 7 heteroatoms. The second kappa shape index (κ2) is 3.52. The lowest BCUT2D eigenvalue weighted by Gasteiger charge is -2.07. The lowest BCUT2D eigenvalue weighted by Crippen LogP contribution is -2.19. The largest absolute Gasteiger partial charge is 0.301 e. The van der Waals surface area contributed by atoms with Crippen LogP contribution in [0.25, 0.3) is 0 Å². The highest BCUT2D eigenvalue weighted by molar-refractivity contribution is 7.89. The third-order valence-corrected chi connectivity index (χ3v) is 4.83. The molecule has 2 aliphatic rings. The Hall–Kier alpha value is -0.950. The molecule has 0 aromatic carbocycles. The Morgan fingerprint density at radius 3 is 2.53 bits per heavy atom. The third-order valence-electron chi connectivity index (χ3n) is 4.02. The molecule has 6 nitrogen and oxygen atoms in total. The molecule has 2 aliphatic carbocycles. The Morgan fingerprint density at radius 1 is 1.35 bits per heavy atom. The molecule has 94 valence electrons. The molecular formula is C10H16N4O2S. The second-order valence-electron chi connectivity index (χ2n) is 4.91. The molecule has 0 amide bonds. The van der Waals surface area contributed by atoms with E-state index >= 15 is 0 Å². The molecule has 1 aromatic heterocycles. The van der Waals surface area contributed by atoms with E-state index in [4.69, 9.17) is 5.14 Å². The minimum absolute atomic E-state index is 0.0972. The normalized spacial score (nSPS) is 31.5. The summed E-state index contributed by atoms with van der Waals surface area (Å²) in [6.07, 6.45) is 3.75. The monoisotopic (exact) mass is 256 g/mol. The third kappa shape index (κ3) is 1.60. The molecule has 2 saturated carbocycles. The highest BCUT2D eigenvalue weighted by atomic mass is 32.2. The summed E-state index contributed by atoms with van der Waals surface area (Å²) in [7, 11) is -3.76. The highest BCUT2D eigenvalue weighted by Crippen LogP contribution is 2.62. The summed E-state index contributed by atoms with van der Waals surface area (Å²) in [4.78, 5) is 0. The van der Waals surface area contributed by atoms with Crippen LogP contribution in [-0.4, -0.2) is 23.2 Å². The van der Waals surface area contributed by atoms with Gasteiger partial charge in [0.2, 0.25) is 0 Å². The predicted molar refractivity (Wildman–Crippen MR) is 60.6 cm³/mol. The Bertz CT molecular complexity index is 541. The maximum absolute atomic E-state index is 11.4. The van der Waals surface area contributed by atoms with E-state index < -0.39 is 10.0 Å². The molecule has 17 heavy (non-hydrogen) atoms. The number of fused-ring (bicyclic) bond motifs is 1. The second-order valence-corrected chi connectivity index (χ2v) is 6.37. The number of primary sulfonamides is 1. The van der Waals surface area contributed by atoms with Crippen molar-refractivity contribution in [2.75, 3.05) is 0 Å². The van der Waals surface area contributed by atoms with Crippen molar-refractivity contribution in [2.24, 2.45) is 17.0 Å². The number of aromatic nitrogens is 3. The lowest BCUT2D eigenvalue weighted by atomic mass is 10.1. The Kier molecular flexibility index (Phi) is 2.31. The molecule has 2 N–H and O–H groups in total. The van der Waals surface area contributed by atoms with Gasteiger partial charge in [-0.1, -0.05) is 6.42 Å². The van der Waals surface area contributed by atoms with Gasteiger partial charge in [-0.15, -0.1) is 10.2 Å². The van der Waals surface area contributed by atoms with Crippen molar-refractivity contribution in [3.63, 3.8) is 0 Å². The van der Waals surface area contributed by atoms with Crippen molar-refractivity contribution in [2.45, 2.75) is 43.8 Å². The fourth-order valence-electron chi connectivity index (χ4n) is 3.26. The zero-order valence-corrected chi connectivity index (χ0v) is 10.5. The molecule has 2 unspecified atom stereocenters. The predicted octanol–water partition coefficient (Wildman–Crippen LogP) is 0.459. The van der Waals surface area contributed by atoms with Crippen molar-refractivity contribution in [3.8, 4) is 0 Å². The maximum atomic E-state index is 11.4. The number of nitrogens with zero attached hydrogens (tertiary/aromatic N) is 3. The van der Waals surface area contributed by atoms with Gasteiger partial charge in [-0.3, -0.25) is 0 Å². The maximum Gasteiger partial charge on any atom is 0.273 e. The summed E-state index contributed by atoms with van der Waals surface area (Å²) in [6.45, 7) is 2.43. The number of sulfonamides is 1. The van der Waals surface area contributed by atoms with Crippen LogP contribution in [-0.2, 0) is 16.6 Å². The molecule has 1 heterocycles. The van der Waals surface area contributed by atoms with E-state index in [1.807, 2.05) is 6.92 Å². The van der Waals surface area contributed by atoms with Crippen LogP contribution in [0.3, 0.4) is 0 Å². The van der Waals surface area contributed by atoms with Crippen LogP contribution in [0.1, 0.15) is 37.9 Å². The van der Waals surface area contributed by atoms with E-state index in [0.717, 1.165) is 5.82 Å². The van der Waals surface area contributed by atoms with E-state index in [0.29, 0.717) is 24.3 Å². The van der Waals surface area contributed by atoms with Crippen molar-refractivity contribution in [1.82, 2.24) is 14.8 Å².